The van der Waals surface area contributed by atoms with E-state index in [1.807, 2.05) is 36.0 Å². The lowest BCUT2D eigenvalue weighted by Crippen LogP contribution is -2.19. The van der Waals surface area contributed by atoms with Gasteiger partial charge in [0.1, 0.15) is 5.75 Å². The quantitative estimate of drug-likeness (QED) is 0.882. The van der Waals surface area contributed by atoms with E-state index < -0.39 is 0 Å². The van der Waals surface area contributed by atoms with Gasteiger partial charge in [0.15, 0.2) is 0 Å². The number of hydrogen-bond acceptors (Lipinski definition) is 3. The number of aliphatic hydroxyl groups excluding tert-OH is 1. The van der Waals surface area contributed by atoms with Gasteiger partial charge in [0.05, 0.1) is 12.7 Å². The van der Waals surface area contributed by atoms with Gasteiger partial charge in [-0.05, 0) is 54.4 Å². The molecule has 2 unspecified atom stereocenters. The largest absolute Gasteiger partial charge is 0.494 e. The molecule has 1 fully saturated rings. The first-order valence-electron chi connectivity index (χ1n) is 6.80. The molecule has 1 aliphatic heterocycles. The molecule has 100 valence electrons. The number of ether oxygens (including phenoxy) is 1. The summed E-state index contributed by atoms with van der Waals surface area (Å²) in [7, 11) is 0. The molecule has 1 aromatic rings. The Kier molecular flexibility index (Phi) is 5.39. The van der Waals surface area contributed by atoms with Gasteiger partial charge in [0.25, 0.3) is 0 Å². The van der Waals surface area contributed by atoms with Crippen LogP contribution in [0, 0.1) is 5.92 Å². The van der Waals surface area contributed by atoms with Gasteiger partial charge in [-0.1, -0.05) is 19.1 Å². The van der Waals surface area contributed by atoms with Crippen molar-refractivity contribution < 1.29 is 9.84 Å². The maximum atomic E-state index is 10.4. The Morgan fingerprint density at radius 2 is 2.17 bits per heavy atom. The molecule has 0 spiro atoms. The second-order valence-electron chi connectivity index (χ2n) is 4.84. The molecule has 18 heavy (non-hydrogen) atoms. The van der Waals surface area contributed by atoms with Crippen molar-refractivity contribution in [3.63, 3.8) is 0 Å². The van der Waals surface area contributed by atoms with Crippen molar-refractivity contribution in [3.05, 3.63) is 29.8 Å². The van der Waals surface area contributed by atoms with E-state index in [2.05, 4.69) is 6.92 Å². The van der Waals surface area contributed by atoms with E-state index in [9.17, 15) is 5.11 Å². The summed E-state index contributed by atoms with van der Waals surface area (Å²) in [6.07, 6.45) is 3.06. The van der Waals surface area contributed by atoms with Gasteiger partial charge in [-0.3, -0.25) is 0 Å². The van der Waals surface area contributed by atoms with Gasteiger partial charge in [-0.25, -0.2) is 0 Å². The highest BCUT2D eigenvalue weighted by Crippen LogP contribution is 2.33. The minimum absolute atomic E-state index is 0.321. The van der Waals surface area contributed by atoms with Gasteiger partial charge < -0.3 is 9.84 Å². The van der Waals surface area contributed by atoms with Crippen LogP contribution in [0.25, 0.3) is 0 Å². The van der Waals surface area contributed by atoms with E-state index in [0.29, 0.717) is 5.92 Å². The van der Waals surface area contributed by atoms with Crippen molar-refractivity contribution in [1.82, 2.24) is 0 Å². The monoisotopic (exact) mass is 266 g/mol. The summed E-state index contributed by atoms with van der Waals surface area (Å²) in [6, 6.07) is 7.91. The Labute approximate surface area is 114 Å². The molecule has 0 saturated carbocycles. The van der Waals surface area contributed by atoms with Crippen molar-refractivity contribution in [2.24, 2.45) is 5.92 Å². The highest BCUT2D eigenvalue weighted by atomic mass is 32.2. The van der Waals surface area contributed by atoms with Crippen molar-refractivity contribution in [3.8, 4) is 5.75 Å². The summed E-state index contributed by atoms with van der Waals surface area (Å²) in [5.41, 5.74) is 1.02. The van der Waals surface area contributed by atoms with Crippen molar-refractivity contribution in [1.29, 1.82) is 0 Å². The van der Waals surface area contributed by atoms with Crippen molar-refractivity contribution in [2.75, 3.05) is 18.1 Å². The Morgan fingerprint density at radius 3 is 2.78 bits per heavy atom. The number of aliphatic hydroxyl groups is 1. The number of thioether (sulfide) groups is 1. The second kappa shape index (κ2) is 7.05. The summed E-state index contributed by atoms with van der Waals surface area (Å²) in [5, 5.41) is 10.4. The lowest BCUT2D eigenvalue weighted by Gasteiger charge is -2.26. The average molecular weight is 266 g/mol. The predicted molar refractivity (Wildman–Crippen MR) is 77.2 cm³/mol. The molecule has 2 atom stereocenters. The standard InChI is InChI=1S/C15H22O2S/c1-2-9-17-14-7-5-12(6-8-14)15(16)13-4-3-10-18-11-13/h5-8,13,15-16H,2-4,9-11H2,1H3. The third kappa shape index (κ3) is 3.66. The number of hydrogen-bond donors (Lipinski definition) is 1. The molecule has 2 nitrogen and oxygen atoms in total. The van der Waals surface area contributed by atoms with Gasteiger partial charge in [0, 0.05) is 0 Å². The fraction of sp³-hybridized carbons (Fsp3) is 0.600. The van der Waals surface area contributed by atoms with Crippen LogP contribution in [0.1, 0.15) is 37.9 Å². The molecular weight excluding hydrogens is 244 g/mol. The average Bonchev–Trinajstić information content (AvgIpc) is 2.46. The molecule has 2 rings (SSSR count). The minimum atomic E-state index is -0.321. The predicted octanol–water partition coefficient (Wildman–Crippen LogP) is 3.65. The van der Waals surface area contributed by atoms with E-state index in [0.717, 1.165) is 36.5 Å². The Balaban J connectivity index is 1.95. The highest BCUT2D eigenvalue weighted by Gasteiger charge is 2.23. The van der Waals surface area contributed by atoms with E-state index in [-0.39, 0.29) is 6.10 Å². The van der Waals surface area contributed by atoms with E-state index in [4.69, 9.17) is 4.74 Å². The molecule has 0 aliphatic carbocycles. The molecule has 1 aromatic carbocycles. The van der Waals surface area contributed by atoms with Crippen LogP contribution >= 0.6 is 11.8 Å². The number of benzene rings is 1. The van der Waals surface area contributed by atoms with Gasteiger partial charge in [-0.15, -0.1) is 0 Å². The van der Waals surface area contributed by atoms with Crippen LogP contribution in [0.15, 0.2) is 24.3 Å². The van der Waals surface area contributed by atoms with Crippen molar-refractivity contribution >= 4 is 11.8 Å². The fourth-order valence-electron chi connectivity index (χ4n) is 2.27. The summed E-state index contributed by atoms with van der Waals surface area (Å²) in [4.78, 5) is 0. The molecular formula is C15H22O2S. The molecule has 1 aliphatic rings. The Hall–Kier alpha value is -0.670. The van der Waals surface area contributed by atoms with Gasteiger partial charge in [-0.2, -0.15) is 11.8 Å². The lowest BCUT2D eigenvalue weighted by molar-refractivity contribution is 0.113. The molecule has 1 heterocycles. The maximum absolute atomic E-state index is 10.4. The van der Waals surface area contributed by atoms with E-state index >= 15 is 0 Å². The zero-order chi connectivity index (χ0) is 12.8. The zero-order valence-electron chi connectivity index (χ0n) is 11.0. The SMILES string of the molecule is CCCOc1ccc(C(O)C2CCCSC2)cc1. The van der Waals surface area contributed by atoms with E-state index in [1.165, 1.54) is 12.2 Å². The van der Waals surface area contributed by atoms with Crippen molar-refractivity contribution in [2.45, 2.75) is 32.3 Å². The first-order valence-corrected chi connectivity index (χ1v) is 7.95. The van der Waals surface area contributed by atoms with Crippen LogP contribution in [0.3, 0.4) is 0 Å². The van der Waals surface area contributed by atoms with Crippen LogP contribution in [-0.4, -0.2) is 23.2 Å². The molecule has 0 amide bonds. The third-order valence-corrected chi connectivity index (χ3v) is 4.58. The summed E-state index contributed by atoms with van der Waals surface area (Å²) in [6.45, 7) is 2.85. The van der Waals surface area contributed by atoms with Crippen LogP contribution in [-0.2, 0) is 0 Å². The van der Waals surface area contributed by atoms with Crippen LogP contribution < -0.4 is 4.74 Å². The van der Waals surface area contributed by atoms with Crippen LogP contribution in [0.4, 0.5) is 0 Å². The molecule has 0 radical (unpaired) electrons. The Bertz CT molecular complexity index is 344. The normalized spacial score (nSPS) is 21.6. The maximum Gasteiger partial charge on any atom is 0.119 e. The summed E-state index contributed by atoms with van der Waals surface area (Å²) < 4.78 is 5.55. The molecule has 1 saturated heterocycles. The highest BCUT2D eigenvalue weighted by molar-refractivity contribution is 7.99. The van der Waals surface area contributed by atoms with E-state index in [1.54, 1.807) is 0 Å². The number of rotatable bonds is 5. The zero-order valence-corrected chi connectivity index (χ0v) is 11.8. The third-order valence-electron chi connectivity index (χ3n) is 3.34. The molecule has 0 aromatic heterocycles. The fourth-order valence-corrected chi connectivity index (χ4v) is 3.46. The van der Waals surface area contributed by atoms with Gasteiger partial charge >= 0.3 is 0 Å². The Morgan fingerprint density at radius 1 is 1.39 bits per heavy atom. The van der Waals surface area contributed by atoms with Crippen LogP contribution in [0.2, 0.25) is 0 Å². The molecule has 1 N–H and O–H groups in total. The topological polar surface area (TPSA) is 29.5 Å². The summed E-state index contributed by atoms with van der Waals surface area (Å²) in [5.74, 6) is 3.62. The smallest absolute Gasteiger partial charge is 0.119 e. The molecule has 0 bridgehead atoms. The van der Waals surface area contributed by atoms with Crippen LogP contribution in [0.5, 0.6) is 5.75 Å². The van der Waals surface area contributed by atoms with Gasteiger partial charge in [0.2, 0.25) is 0 Å². The molecule has 3 heteroatoms. The minimum Gasteiger partial charge on any atom is -0.494 e. The first kappa shape index (κ1) is 13.8. The second-order valence-corrected chi connectivity index (χ2v) is 5.99. The lowest BCUT2D eigenvalue weighted by atomic mass is 9.93. The summed E-state index contributed by atoms with van der Waals surface area (Å²) >= 11 is 1.96. The first-order chi connectivity index (χ1) is 8.81.